The second kappa shape index (κ2) is 9.66. The van der Waals surface area contributed by atoms with E-state index in [0.717, 1.165) is 48.5 Å². The lowest BCUT2D eigenvalue weighted by Crippen LogP contribution is -2.43. The summed E-state index contributed by atoms with van der Waals surface area (Å²) in [6.07, 6.45) is 5.41. The lowest BCUT2D eigenvalue weighted by atomic mass is 10.1. The number of halogens is 3. The van der Waals surface area contributed by atoms with E-state index in [2.05, 4.69) is 20.2 Å². The Bertz CT molecular complexity index is 1320. The maximum atomic E-state index is 13.8. The van der Waals surface area contributed by atoms with Crippen LogP contribution in [0.3, 0.4) is 0 Å². The molecule has 34 heavy (non-hydrogen) atoms. The van der Waals surface area contributed by atoms with Gasteiger partial charge >= 0.3 is 0 Å². The van der Waals surface area contributed by atoms with Gasteiger partial charge in [0.05, 0.1) is 23.3 Å². The number of hydrogen-bond donors (Lipinski definition) is 2. The van der Waals surface area contributed by atoms with Crippen LogP contribution in [0.5, 0.6) is 5.75 Å². The van der Waals surface area contributed by atoms with E-state index in [1.54, 1.807) is 12.5 Å². The van der Waals surface area contributed by atoms with Gasteiger partial charge in [0.1, 0.15) is 11.6 Å². The van der Waals surface area contributed by atoms with Crippen molar-refractivity contribution in [2.24, 2.45) is 0 Å². The first-order valence-electron chi connectivity index (χ1n) is 10.9. The molecule has 0 radical (unpaired) electrons. The third kappa shape index (κ3) is 4.36. The number of nitrogen functional groups attached to an aromatic ring is 1. The summed E-state index contributed by atoms with van der Waals surface area (Å²) < 4.78 is 25.5. The molecule has 0 atom stereocenters. The smallest absolute Gasteiger partial charge is 0.205 e. The van der Waals surface area contributed by atoms with Crippen LogP contribution in [0.25, 0.3) is 22.1 Å². The van der Waals surface area contributed by atoms with Gasteiger partial charge in [-0.05, 0) is 29.8 Å². The summed E-state index contributed by atoms with van der Waals surface area (Å²) in [7, 11) is 0. The van der Waals surface area contributed by atoms with E-state index in [1.807, 2.05) is 18.3 Å². The van der Waals surface area contributed by atoms with Crippen LogP contribution in [0, 0.1) is 5.82 Å². The first-order chi connectivity index (χ1) is 16.5. The third-order valence-corrected chi connectivity index (χ3v) is 6.60. The zero-order valence-corrected chi connectivity index (χ0v) is 19.7. The second-order valence-electron chi connectivity index (χ2n) is 7.93. The number of ether oxygens (including phenoxy) is 1. The summed E-state index contributed by atoms with van der Waals surface area (Å²) in [5, 5.41) is 4.45. The summed E-state index contributed by atoms with van der Waals surface area (Å²) in [5.74, 6) is 0.922. The minimum Gasteiger partial charge on any atom is -0.486 e. The van der Waals surface area contributed by atoms with E-state index in [9.17, 15) is 4.39 Å². The topological polar surface area (TPSA) is 89.4 Å². The number of piperazine rings is 1. The molecule has 7 nitrogen and oxygen atoms in total. The van der Waals surface area contributed by atoms with Crippen molar-refractivity contribution in [3.05, 3.63) is 64.3 Å². The van der Waals surface area contributed by atoms with E-state index in [4.69, 9.17) is 38.1 Å². The number of hydrogen-bond acceptors (Lipinski definition) is 7. The maximum absolute atomic E-state index is 13.8. The molecule has 5 rings (SSSR count). The number of aromatic nitrogens is 2. The average Bonchev–Trinajstić information content (AvgIpc) is 3.30. The van der Waals surface area contributed by atoms with Crippen LogP contribution in [0.1, 0.15) is 5.56 Å². The predicted octanol–water partition coefficient (Wildman–Crippen LogP) is 4.95. The fourth-order valence-electron chi connectivity index (χ4n) is 4.02. The third-order valence-electron chi connectivity index (χ3n) is 5.84. The van der Waals surface area contributed by atoms with Crippen molar-refractivity contribution in [3.8, 4) is 16.9 Å². The molecule has 0 bridgehead atoms. The Kier molecular flexibility index (Phi) is 6.45. The quantitative estimate of drug-likeness (QED) is 0.361. The molecular weight excluding hydrogens is 480 g/mol. The van der Waals surface area contributed by atoms with Gasteiger partial charge in [-0.3, -0.25) is 0 Å². The van der Waals surface area contributed by atoms with Crippen LogP contribution in [-0.2, 0) is 6.42 Å². The molecule has 1 saturated heterocycles. The van der Waals surface area contributed by atoms with Crippen LogP contribution in [0.4, 0.5) is 16.0 Å². The highest BCUT2D eigenvalue weighted by atomic mass is 35.5. The Labute approximate surface area is 205 Å². The zero-order valence-electron chi connectivity index (χ0n) is 18.2. The molecular formula is C24H22Cl2FN5O2. The van der Waals surface area contributed by atoms with Gasteiger partial charge in [-0.1, -0.05) is 23.2 Å². The van der Waals surface area contributed by atoms with Gasteiger partial charge in [0.15, 0.2) is 11.4 Å². The fraction of sp³-hybridized carbons (Fsp3) is 0.250. The molecule has 0 spiro atoms. The molecule has 3 aromatic heterocycles. The second-order valence-corrected chi connectivity index (χ2v) is 8.71. The number of nitrogens with two attached hydrogens (primary N) is 1. The van der Waals surface area contributed by atoms with Crippen LogP contribution >= 0.6 is 23.2 Å². The zero-order chi connectivity index (χ0) is 23.7. The summed E-state index contributed by atoms with van der Waals surface area (Å²) in [5.41, 5.74) is 8.75. The van der Waals surface area contributed by atoms with Crippen molar-refractivity contribution < 1.29 is 13.5 Å². The summed E-state index contributed by atoms with van der Waals surface area (Å²) in [4.78, 5) is 11.2. The Balaban J connectivity index is 1.37. The number of fused-ring (bicyclic) bond motifs is 1. The summed E-state index contributed by atoms with van der Waals surface area (Å²) >= 11 is 12.2. The Morgan fingerprint density at radius 3 is 2.71 bits per heavy atom. The molecule has 1 aromatic carbocycles. The molecule has 4 aromatic rings. The van der Waals surface area contributed by atoms with Crippen molar-refractivity contribution in [2.45, 2.75) is 6.42 Å². The van der Waals surface area contributed by atoms with E-state index in [-0.39, 0.29) is 23.9 Å². The average molecular weight is 502 g/mol. The number of anilines is 2. The minimum absolute atomic E-state index is 0.0162. The first kappa shape index (κ1) is 22.7. The minimum atomic E-state index is -0.531. The number of furan rings is 1. The van der Waals surface area contributed by atoms with Gasteiger partial charge in [-0.15, -0.1) is 0 Å². The Hall–Kier alpha value is -3.07. The van der Waals surface area contributed by atoms with Crippen molar-refractivity contribution in [3.63, 3.8) is 0 Å². The molecule has 1 aliphatic heterocycles. The van der Waals surface area contributed by atoms with Gasteiger partial charge in [-0.25, -0.2) is 14.4 Å². The molecule has 4 heterocycles. The molecule has 176 valence electrons. The SMILES string of the molecule is Nc1ncc2c(-c3ccc(N4CCNCC4)nc3)coc2c1OCCc1c(Cl)ccc(F)c1Cl. The van der Waals surface area contributed by atoms with Crippen molar-refractivity contribution in [2.75, 3.05) is 43.4 Å². The summed E-state index contributed by atoms with van der Waals surface area (Å²) in [6, 6.07) is 6.72. The largest absolute Gasteiger partial charge is 0.486 e. The number of nitrogens with one attached hydrogen (secondary N) is 1. The van der Waals surface area contributed by atoms with Crippen LogP contribution in [0.2, 0.25) is 10.0 Å². The highest BCUT2D eigenvalue weighted by Gasteiger charge is 2.18. The van der Waals surface area contributed by atoms with Gasteiger partial charge in [0.2, 0.25) is 5.75 Å². The molecule has 0 aliphatic carbocycles. The van der Waals surface area contributed by atoms with Crippen molar-refractivity contribution in [1.82, 2.24) is 15.3 Å². The van der Waals surface area contributed by atoms with Gasteiger partial charge < -0.3 is 25.1 Å². The molecule has 0 saturated carbocycles. The Morgan fingerprint density at radius 1 is 1.12 bits per heavy atom. The molecule has 0 unspecified atom stereocenters. The molecule has 3 N–H and O–H groups in total. The predicted molar refractivity (Wildman–Crippen MR) is 132 cm³/mol. The van der Waals surface area contributed by atoms with Gasteiger partial charge in [0.25, 0.3) is 0 Å². The number of pyridine rings is 2. The summed E-state index contributed by atoms with van der Waals surface area (Å²) in [6.45, 7) is 3.91. The first-order valence-corrected chi connectivity index (χ1v) is 11.6. The lowest BCUT2D eigenvalue weighted by Gasteiger charge is -2.28. The van der Waals surface area contributed by atoms with Crippen LogP contribution in [-0.4, -0.2) is 42.8 Å². The van der Waals surface area contributed by atoms with E-state index in [1.165, 1.54) is 12.1 Å². The lowest BCUT2D eigenvalue weighted by molar-refractivity contribution is 0.321. The number of benzene rings is 1. The monoisotopic (exact) mass is 501 g/mol. The molecule has 10 heteroatoms. The van der Waals surface area contributed by atoms with Gasteiger partial charge in [-0.2, -0.15) is 0 Å². The molecule has 0 amide bonds. The highest BCUT2D eigenvalue weighted by Crippen LogP contribution is 2.38. The van der Waals surface area contributed by atoms with Crippen LogP contribution in [0.15, 0.2) is 47.3 Å². The number of rotatable bonds is 6. The fourth-order valence-corrected chi connectivity index (χ4v) is 4.58. The normalized spacial score (nSPS) is 14.0. The van der Waals surface area contributed by atoms with E-state index < -0.39 is 5.82 Å². The standard InChI is InChI=1S/C24H22Cl2FN5O2/c25-18-2-3-19(27)21(26)15(18)5-10-33-23-22-16(12-31-24(23)28)17(13-34-22)14-1-4-20(30-11-14)32-8-6-29-7-9-32/h1-4,11-13,29H,5-10H2,(H2,28,31). The van der Waals surface area contributed by atoms with Crippen LogP contribution < -0.4 is 20.7 Å². The highest BCUT2D eigenvalue weighted by molar-refractivity contribution is 6.36. The maximum Gasteiger partial charge on any atom is 0.205 e. The molecule has 1 fully saturated rings. The van der Waals surface area contributed by atoms with E-state index >= 15 is 0 Å². The number of nitrogens with zero attached hydrogens (tertiary/aromatic N) is 3. The van der Waals surface area contributed by atoms with Gasteiger partial charge in [0, 0.05) is 61.1 Å². The van der Waals surface area contributed by atoms with Crippen molar-refractivity contribution in [1.29, 1.82) is 0 Å². The van der Waals surface area contributed by atoms with E-state index in [0.29, 0.717) is 21.9 Å². The Morgan fingerprint density at radius 2 is 1.94 bits per heavy atom. The van der Waals surface area contributed by atoms with Crippen molar-refractivity contribution >= 4 is 45.8 Å². The molecule has 1 aliphatic rings.